The molecule has 0 fully saturated rings. The minimum atomic E-state index is -0.460. The molecule has 0 N–H and O–H groups in total. The summed E-state index contributed by atoms with van der Waals surface area (Å²) >= 11 is 0. The van der Waals surface area contributed by atoms with Crippen LogP contribution in [-0.2, 0) is 15.9 Å². The number of rotatable bonds is 2. The fourth-order valence-electron chi connectivity index (χ4n) is 0.958. The summed E-state index contributed by atoms with van der Waals surface area (Å²) < 4.78 is 5.67. The lowest BCUT2D eigenvalue weighted by Gasteiger charge is -2.03. The van der Waals surface area contributed by atoms with E-state index in [9.17, 15) is 9.59 Å². The third kappa shape index (κ3) is 2.39. The third-order valence-corrected chi connectivity index (χ3v) is 1.90. The summed E-state index contributed by atoms with van der Waals surface area (Å²) in [5.41, 5.74) is 0.442. The number of carbonyl (C=O) groups is 1. The molecule has 1 aromatic heterocycles. The van der Waals surface area contributed by atoms with E-state index in [0.717, 1.165) is 0 Å². The lowest BCUT2D eigenvalue weighted by molar-refractivity contribution is -0.133. The van der Waals surface area contributed by atoms with E-state index in [2.05, 4.69) is 4.52 Å². The number of aryl methyl sites for hydroxylation is 1. The quantitative estimate of drug-likeness (QED) is 0.651. The number of hydrogen-bond acceptors (Lipinski definition) is 3. The van der Waals surface area contributed by atoms with Gasteiger partial charge in [-0.15, -0.1) is 0 Å². The second-order valence-corrected chi connectivity index (χ2v) is 2.85. The average Bonchev–Trinajstić information content (AvgIpc) is 2.13. The number of hydrogen-bond donors (Lipinski definition) is 0. The van der Waals surface area contributed by atoms with Crippen LogP contribution in [0.5, 0.6) is 0 Å². The second kappa shape index (κ2) is 4.19. The van der Waals surface area contributed by atoms with Gasteiger partial charge in [0.15, 0.2) is 0 Å². The number of pyridine rings is 1. The average molecular weight is 199 g/mol. The maximum atomic E-state index is 11.4. The maximum Gasteiger partial charge on any atom is 0.328 e. The van der Waals surface area contributed by atoms with E-state index in [1.54, 1.807) is 25.3 Å². The molecule has 1 unspecified atom stereocenters. The molecular weight excluding hydrogens is 189 g/mol. The first kappa shape index (κ1) is 9.93. The predicted molar refractivity (Wildman–Crippen MR) is 51.2 cm³/mol. The summed E-state index contributed by atoms with van der Waals surface area (Å²) in [6.45, 7) is 1.65. The van der Waals surface area contributed by atoms with Crippen LogP contribution >= 0.6 is 9.47 Å². The number of carbonyl (C=O) groups excluding carboxylic acids is 1. The Morgan fingerprint density at radius 2 is 2.38 bits per heavy atom. The molecule has 0 saturated carbocycles. The second-order valence-electron chi connectivity index (χ2n) is 2.61. The molecule has 0 bridgehead atoms. The van der Waals surface area contributed by atoms with Crippen molar-refractivity contribution in [2.24, 2.45) is 0 Å². The van der Waals surface area contributed by atoms with Crippen molar-refractivity contribution in [2.75, 3.05) is 0 Å². The highest BCUT2D eigenvalue weighted by Gasteiger charge is 2.04. The fourth-order valence-corrected chi connectivity index (χ4v) is 1.03. The summed E-state index contributed by atoms with van der Waals surface area (Å²) in [6, 6.07) is 3.41. The van der Waals surface area contributed by atoms with E-state index >= 15 is 0 Å². The van der Waals surface area contributed by atoms with Crippen LogP contribution in [0.15, 0.2) is 23.1 Å². The first-order chi connectivity index (χ1) is 6.15. The molecule has 0 radical (unpaired) electrons. The lowest BCUT2D eigenvalue weighted by atomic mass is 10.3. The van der Waals surface area contributed by atoms with Gasteiger partial charge in [0.25, 0.3) is 5.56 Å². The minimum absolute atomic E-state index is 0.0516. The van der Waals surface area contributed by atoms with Crippen LogP contribution < -0.4 is 5.56 Å². The Morgan fingerprint density at radius 1 is 1.69 bits per heavy atom. The number of nitrogens with zero attached hydrogens (tertiary/aromatic N) is 1. The van der Waals surface area contributed by atoms with Crippen molar-refractivity contribution < 1.29 is 9.32 Å². The van der Waals surface area contributed by atoms with E-state index in [4.69, 9.17) is 0 Å². The molecule has 1 atom stereocenters. The summed E-state index contributed by atoms with van der Waals surface area (Å²) in [4.78, 5) is 22.2. The van der Waals surface area contributed by atoms with Crippen LogP contribution in [0.3, 0.4) is 0 Å². The maximum absolute atomic E-state index is 11.4. The van der Waals surface area contributed by atoms with Crippen LogP contribution in [-0.4, -0.2) is 10.5 Å². The molecule has 0 aromatic carbocycles. The molecular formula is C8H10NO3P. The Labute approximate surface area is 77.8 Å². The molecule has 1 heterocycles. The molecule has 0 aliphatic rings. The standard InChI is InChI=1S/C8H10NO3P/c1-6-3-2-4-9(8(6)11)5-7(10)12-13/h2-4H,5,13H2,1H3. The van der Waals surface area contributed by atoms with Gasteiger partial charge in [-0.3, -0.25) is 4.79 Å². The molecule has 0 aliphatic carbocycles. The SMILES string of the molecule is Cc1cccn(CC(=O)OP)c1=O. The van der Waals surface area contributed by atoms with Crippen LogP contribution in [0.1, 0.15) is 5.56 Å². The fraction of sp³-hybridized carbons (Fsp3) is 0.250. The van der Waals surface area contributed by atoms with Gasteiger partial charge in [0.2, 0.25) is 0 Å². The monoisotopic (exact) mass is 199 g/mol. The van der Waals surface area contributed by atoms with E-state index in [-0.39, 0.29) is 12.1 Å². The smallest absolute Gasteiger partial charge is 0.328 e. The van der Waals surface area contributed by atoms with Crippen molar-refractivity contribution in [2.45, 2.75) is 13.5 Å². The van der Waals surface area contributed by atoms with Crippen LogP contribution in [0.25, 0.3) is 0 Å². The van der Waals surface area contributed by atoms with Crippen molar-refractivity contribution in [3.8, 4) is 0 Å². The first-order valence-electron chi connectivity index (χ1n) is 3.71. The van der Waals surface area contributed by atoms with E-state index in [1.807, 2.05) is 9.47 Å². The van der Waals surface area contributed by atoms with Gasteiger partial charge in [-0.25, -0.2) is 4.79 Å². The summed E-state index contributed by atoms with van der Waals surface area (Å²) in [5.74, 6) is -0.460. The van der Waals surface area contributed by atoms with Crippen LogP contribution in [0, 0.1) is 6.92 Å². The van der Waals surface area contributed by atoms with Crippen molar-refractivity contribution in [3.63, 3.8) is 0 Å². The Morgan fingerprint density at radius 3 is 3.00 bits per heavy atom. The van der Waals surface area contributed by atoms with Crippen LogP contribution in [0.2, 0.25) is 0 Å². The molecule has 4 nitrogen and oxygen atoms in total. The highest BCUT2D eigenvalue weighted by molar-refractivity contribution is 7.10. The zero-order valence-electron chi connectivity index (χ0n) is 7.19. The molecule has 0 spiro atoms. The van der Waals surface area contributed by atoms with Gasteiger partial charge in [0.05, 0.1) is 9.47 Å². The van der Waals surface area contributed by atoms with Crippen molar-refractivity contribution in [1.29, 1.82) is 0 Å². The molecule has 0 amide bonds. The van der Waals surface area contributed by atoms with Gasteiger partial charge in [-0.2, -0.15) is 0 Å². The van der Waals surface area contributed by atoms with E-state index in [1.165, 1.54) is 4.57 Å². The topological polar surface area (TPSA) is 48.3 Å². The highest BCUT2D eigenvalue weighted by Crippen LogP contribution is 1.92. The molecule has 70 valence electrons. The van der Waals surface area contributed by atoms with Gasteiger partial charge in [-0.1, -0.05) is 6.07 Å². The zero-order valence-corrected chi connectivity index (χ0v) is 8.34. The Hall–Kier alpha value is -1.15. The summed E-state index contributed by atoms with van der Waals surface area (Å²) in [6.07, 6.45) is 1.55. The lowest BCUT2D eigenvalue weighted by Crippen LogP contribution is -2.24. The van der Waals surface area contributed by atoms with Crippen molar-refractivity contribution in [1.82, 2.24) is 4.57 Å². The normalized spacial score (nSPS) is 9.69. The molecule has 5 heteroatoms. The molecule has 0 saturated heterocycles. The van der Waals surface area contributed by atoms with E-state index < -0.39 is 5.97 Å². The van der Waals surface area contributed by atoms with Gasteiger partial charge >= 0.3 is 5.97 Å². The molecule has 13 heavy (non-hydrogen) atoms. The third-order valence-electron chi connectivity index (χ3n) is 1.64. The molecule has 0 aliphatic heterocycles. The summed E-state index contributed by atoms with van der Waals surface area (Å²) in [5, 5.41) is 0. The predicted octanol–water partition coefficient (Wildman–Crippen LogP) is 0.490. The van der Waals surface area contributed by atoms with Gasteiger partial charge in [0, 0.05) is 11.8 Å². The van der Waals surface area contributed by atoms with Gasteiger partial charge in [-0.05, 0) is 13.0 Å². The van der Waals surface area contributed by atoms with E-state index in [0.29, 0.717) is 5.56 Å². The minimum Gasteiger partial charge on any atom is -0.450 e. The van der Waals surface area contributed by atoms with Gasteiger partial charge in [0.1, 0.15) is 6.54 Å². The molecule has 1 rings (SSSR count). The largest absolute Gasteiger partial charge is 0.450 e. The summed E-state index contributed by atoms with van der Waals surface area (Å²) in [7, 11) is 1.85. The van der Waals surface area contributed by atoms with Gasteiger partial charge < -0.3 is 9.09 Å². The Balaban J connectivity index is 2.96. The first-order valence-corrected chi connectivity index (χ1v) is 4.18. The van der Waals surface area contributed by atoms with Crippen molar-refractivity contribution in [3.05, 3.63) is 34.2 Å². The zero-order chi connectivity index (χ0) is 9.84. The van der Waals surface area contributed by atoms with Crippen LogP contribution in [0.4, 0.5) is 0 Å². The highest BCUT2D eigenvalue weighted by atomic mass is 31.0. The number of aromatic nitrogens is 1. The Kier molecular flexibility index (Phi) is 3.20. The Bertz CT molecular complexity index is 372. The molecule has 1 aromatic rings. The van der Waals surface area contributed by atoms with Crippen molar-refractivity contribution >= 4 is 15.4 Å².